The zero-order valence-corrected chi connectivity index (χ0v) is 13.5. The van der Waals surface area contributed by atoms with E-state index in [2.05, 4.69) is 81.5 Å². The first kappa shape index (κ1) is 14.2. The highest BCUT2D eigenvalue weighted by Gasteiger charge is 2.41. The minimum atomic E-state index is 0.0660. The van der Waals surface area contributed by atoms with Gasteiger partial charge >= 0.3 is 0 Å². The van der Waals surface area contributed by atoms with Gasteiger partial charge in [-0.25, -0.2) is 0 Å². The third-order valence-electron chi connectivity index (χ3n) is 4.77. The zero-order chi connectivity index (χ0) is 15.1. The molecule has 0 radical (unpaired) electrons. The van der Waals surface area contributed by atoms with Gasteiger partial charge in [0.15, 0.2) is 0 Å². The normalized spacial score (nSPS) is 23.2. The van der Waals surface area contributed by atoms with Crippen molar-refractivity contribution in [3.05, 3.63) is 65.2 Å². The molecule has 0 saturated heterocycles. The topological polar surface area (TPSA) is 12.0 Å². The Morgan fingerprint density at radius 3 is 2.38 bits per heavy atom. The average Bonchev–Trinajstić information content (AvgIpc) is 2.47. The Balaban J connectivity index is 2.21. The van der Waals surface area contributed by atoms with Crippen molar-refractivity contribution >= 4 is 5.69 Å². The summed E-state index contributed by atoms with van der Waals surface area (Å²) in [5.74, 6) is 0. The molecule has 0 bridgehead atoms. The number of anilines is 1. The summed E-state index contributed by atoms with van der Waals surface area (Å²) in [6, 6.07) is 17.8. The monoisotopic (exact) mass is 279 g/mol. The molecule has 0 saturated carbocycles. The second-order valence-corrected chi connectivity index (χ2v) is 7.12. The first-order valence-electron chi connectivity index (χ1n) is 7.92. The van der Waals surface area contributed by atoms with Gasteiger partial charge in [-0.15, -0.1) is 0 Å². The van der Waals surface area contributed by atoms with Gasteiger partial charge in [0.2, 0.25) is 0 Å². The summed E-state index contributed by atoms with van der Waals surface area (Å²) < 4.78 is 0. The van der Waals surface area contributed by atoms with Crippen LogP contribution in [0.5, 0.6) is 0 Å². The molecule has 1 aliphatic heterocycles. The fraction of sp³-hybridized carbons (Fsp3) is 0.400. The van der Waals surface area contributed by atoms with E-state index in [1.165, 1.54) is 22.4 Å². The van der Waals surface area contributed by atoms with E-state index in [0.29, 0.717) is 0 Å². The Morgan fingerprint density at radius 1 is 1.00 bits per heavy atom. The summed E-state index contributed by atoms with van der Waals surface area (Å²) in [4.78, 5) is 0. The van der Waals surface area contributed by atoms with Crippen LogP contribution in [0.1, 0.15) is 50.8 Å². The van der Waals surface area contributed by atoms with Crippen LogP contribution in [-0.2, 0) is 11.8 Å². The minimum absolute atomic E-state index is 0.0660. The van der Waals surface area contributed by atoms with Gasteiger partial charge < -0.3 is 5.32 Å². The van der Waals surface area contributed by atoms with Gasteiger partial charge in [0, 0.05) is 16.6 Å². The smallest absolute Gasteiger partial charge is 0.0386 e. The van der Waals surface area contributed by atoms with Crippen LogP contribution in [-0.4, -0.2) is 5.54 Å². The lowest BCUT2D eigenvalue weighted by atomic mass is 9.66. The number of hydrogen-bond acceptors (Lipinski definition) is 1. The van der Waals surface area contributed by atoms with E-state index in [-0.39, 0.29) is 11.0 Å². The molecule has 1 heteroatoms. The summed E-state index contributed by atoms with van der Waals surface area (Å²) in [6.07, 6.45) is 2.19. The molecule has 1 heterocycles. The van der Waals surface area contributed by atoms with Gasteiger partial charge in [0.25, 0.3) is 0 Å². The maximum Gasteiger partial charge on any atom is 0.0386 e. The molecule has 0 spiro atoms. The predicted octanol–water partition coefficient (Wildman–Crippen LogP) is 5.15. The summed E-state index contributed by atoms with van der Waals surface area (Å²) >= 11 is 0. The van der Waals surface area contributed by atoms with E-state index < -0.39 is 0 Å². The van der Waals surface area contributed by atoms with Gasteiger partial charge in [-0.2, -0.15) is 0 Å². The van der Waals surface area contributed by atoms with Crippen molar-refractivity contribution < 1.29 is 0 Å². The molecular formula is C20H25N. The van der Waals surface area contributed by atoms with Crippen LogP contribution in [0.3, 0.4) is 0 Å². The van der Waals surface area contributed by atoms with E-state index in [1.54, 1.807) is 0 Å². The third-order valence-corrected chi connectivity index (χ3v) is 4.77. The van der Waals surface area contributed by atoms with Crippen molar-refractivity contribution in [3.8, 4) is 0 Å². The second kappa shape index (κ2) is 4.91. The molecule has 2 aromatic rings. The van der Waals surface area contributed by atoms with Crippen LogP contribution in [0.4, 0.5) is 5.69 Å². The van der Waals surface area contributed by atoms with Crippen molar-refractivity contribution in [2.75, 3.05) is 5.32 Å². The van der Waals surface area contributed by atoms with Crippen LogP contribution in [0.25, 0.3) is 0 Å². The number of nitrogens with one attached hydrogen (secondary N) is 1. The minimum Gasteiger partial charge on any atom is -0.380 e. The van der Waals surface area contributed by atoms with E-state index in [9.17, 15) is 0 Å². The lowest BCUT2D eigenvalue weighted by Gasteiger charge is -2.46. The average molecular weight is 279 g/mol. The molecule has 0 aromatic heterocycles. The van der Waals surface area contributed by atoms with Gasteiger partial charge in [-0.05, 0) is 49.4 Å². The number of aryl methyl sites for hydroxylation is 1. The highest BCUT2D eigenvalue weighted by Crippen LogP contribution is 2.47. The number of hydrogen-bond donors (Lipinski definition) is 1. The number of fused-ring (bicyclic) bond motifs is 1. The molecule has 0 amide bonds. The van der Waals surface area contributed by atoms with Crippen molar-refractivity contribution in [2.45, 2.75) is 51.5 Å². The Labute approximate surface area is 128 Å². The van der Waals surface area contributed by atoms with Crippen LogP contribution in [0.2, 0.25) is 0 Å². The first-order valence-corrected chi connectivity index (χ1v) is 7.92. The standard InChI is InChI=1S/C20H25N/c1-5-15-11-12-18-17(13-15)20(4,14-19(2,3)21-18)16-9-7-6-8-10-16/h6-13,21H,5,14H2,1-4H3. The van der Waals surface area contributed by atoms with Crippen molar-refractivity contribution in [3.63, 3.8) is 0 Å². The Kier molecular flexibility index (Phi) is 3.32. The third kappa shape index (κ3) is 2.46. The summed E-state index contributed by atoms with van der Waals surface area (Å²) in [7, 11) is 0. The fourth-order valence-corrected chi connectivity index (χ4v) is 3.83. The molecule has 1 nitrogen and oxygen atoms in total. The highest BCUT2D eigenvalue weighted by molar-refractivity contribution is 5.63. The molecular weight excluding hydrogens is 254 g/mol. The molecule has 110 valence electrons. The molecule has 2 aromatic carbocycles. The molecule has 21 heavy (non-hydrogen) atoms. The Morgan fingerprint density at radius 2 is 1.71 bits per heavy atom. The summed E-state index contributed by atoms with van der Waals surface area (Å²) in [5.41, 5.74) is 5.72. The predicted molar refractivity (Wildman–Crippen MR) is 91.0 cm³/mol. The quantitative estimate of drug-likeness (QED) is 0.801. The molecule has 1 N–H and O–H groups in total. The van der Waals surface area contributed by atoms with Gasteiger partial charge in [-0.3, -0.25) is 0 Å². The van der Waals surface area contributed by atoms with Gasteiger partial charge in [-0.1, -0.05) is 56.3 Å². The van der Waals surface area contributed by atoms with Crippen LogP contribution < -0.4 is 5.32 Å². The number of rotatable bonds is 2. The Bertz CT molecular complexity index is 642. The molecule has 0 fully saturated rings. The molecule has 3 rings (SSSR count). The lowest BCUT2D eigenvalue weighted by molar-refractivity contribution is 0.378. The molecule has 0 aliphatic carbocycles. The van der Waals surface area contributed by atoms with E-state index in [0.717, 1.165) is 12.8 Å². The van der Waals surface area contributed by atoms with E-state index in [4.69, 9.17) is 0 Å². The van der Waals surface area contributed by atoms with E-state index in [1.807, 2.05) is 0 Å². The maximum absolute atomic E-state index is 3.71. The largest absolute Gasteiger partial charge is 0.380 e. The van der Waals surface area contributed by atoms with Crippen LogP contribution in [0, 0.1) is 0 Å². The molecule has 1 aliphatic rings. The zero-order valence-electron chi connectivity index (χ0n) is 13.5. The highest BCUT2D eigenvalue weighted by atomic mass is 15.0. The number of benzene rings is 2. The van der Waals surface area contributed by atoms with Crippen molar-refractivity contribution in [2.24, 2.45) is 0 Å². The van der Waals surface area contributed by atoms with Crippen LogP contribution in [0.15, 0.2) is 48.5 Å². The maximum atomic E-state index is 3.71. The summed E-state index contributed by atoms with van der Waals surface area (Å²) in [6.45, 7) is 9.21. The SMILES string of the molecule is CCc1ccc2c(c1)C(C)(c1ccccc1)CC(C)(C)N2. The molecule has 1 unspecified atom stereocenters. The lowest BCUT2D eigenvalue weighted by Crippen LogP contribution is -2.45. The molecule has 1 atom stereocenters. The fourth-order valence-electron chi connectivity index (χ4n) is 3.83. The first-order chi connectivity index (χ1) is 9.94. The van der Waals surface area contributed by atoms with Crippen molar-refractivity contribution in [1.29, 1.82) is 0 Å². The second-order valence-electron chi connectivity index (χ2n) is 7.12. The van der Waals surface area contributed by atoms with Crippen molar-refractivity contribution in [1.82, 2.24) is 0 Å². The van der Waals surface area contributed by atoms with Crippen LogP contribution >= 0.6 is 0 Å². The van der Waals surface area contributed by atoms with E-state index >= 15 is 0 Å². The van der Waals surface area contributed by atoms with Gasteiger partial charge in [0.05, 0.1) is 0 Å². The Hall–Kier alpha value is -1.76. The van der Waals surface area contributed by atoms with Gasteiger partial charge in [0.1, 0.15) is 0 Å². The summed E-state index contributed by atoms with van der Waals surface area (Å²) in [5, 5.41) is 3.71.